The minimum absolute atomic E-state index is 1.18. The molecule has 2 heteroatoms. The molecule has 0 aliphatic carbocycles. The quantitative estimate of drug-likeness (QED) is 0.230. The van der Waals surface area contributed by atoms with Gasteiger partial charge in [0.2, 0.25) is 0 Å². The van der Waals surface area contributed by atoms with Gasteiger partial charge in [-0.15, -0.1) is 0 Å². The largest absolute Gasteiger partial charge is 0.309 e. The second-order valence-corrected chi connectivity index (χ2v) is 9.82. The monoisotopic (exact) mass is 456 g/mol. The standard InChI is InChI=1S/C34H20N2/c1-5-21-13-14-22-6-2-10-28-32(22)31(21)27(9-1)35(28)25-17-19-26(20-18-25)36-29-11-3-7-23-15-16-24-8-4-12-30(36)34(24)33(23)29/h1-20H. The van der Waals surface area contributed by atoms with Crippen molar-refractivity contribution in [1.82, 2.24) is 9.13 Å². The van der Waals surface area contributed by atoms with Gasteiger partial charge in [0.25, 0.3) is 0 Å². The molecule has 0 spiro atoms. The third kappa shape index (κ3) is 2.18. The van der Waals surface area contributed by atoms with Gasteiger partial charge in [0, 0.05) is 32.9 Å². The van der Waals surface area contributed by atoms with Crippen LogP contribution in [0.4, 0.5) is 0 Å². The van der Waals surface area contributed by atoms with Gasteiger partial charge >= 0.3 is 0 Å². The van der Waals surface area contributed by atoms with E-state index in [1.54, 1.807) is 0 Å². The summed E-state index contributed by atoms with van der Waals surface area (Å²) in [6, 6.07) is 44.5. The van der Waals surface area contributed by atoms with E-state index in [2.05, 4.69) is 130 Å². The zero-order chi connectivity index (χ0) is 23.4. The molecule has 0 amide bonds. The van der Waals surface area contributed by atoms with Crippen LogP contribution in [0.1, 0.15) is 0 Å². The van der Waals surface area contributed by atoms with Crippen molar-refractivity contribution in [1.29, 1.82) is 0 Å². The molecule has 0 aliphatic heterocycles. The van der Waals surface area contributed by atoms with Gasteiger partial charge < -0.3 is 9.13 Å². The molecule has 0 unspecified atom stereocenters. The Bertz CT molecular complexity index is 1950. The number of hydrogen-bond acceptors (Lipinski definition) is 0. The maximum Gasteiger partial charge on any atom is 0.0547 e. The van der Waals surface area contributed by atoms with Crippen molar-refractivity contribution < 1.29 is 0 Å². The summed E-state index contributed by atoms with van der Waals surface area (Å²) in [5.41, 5.74) is 7.40. The highest BCUT2D eigenvalue weighted by Crippen LogP contribution is 2.40. The van der Waals surface area contributed by atoms with E-state index in [9.17, 15) is 0 Å². The van der Waals surface area contributed by atoms with Crippen molar-refractivity contribution in [3.8, 4) is 11.4 Å². The van der Waals surface area contributed by atoms with Crippen LogP contribution in [0.25, 0.3) is 76.5 Å². The van der Waals surface area contributed by atoms with E-state index in [0.29, 0.717) is 0 Å². The molecule has 36 heavy (non-hydrogen) atoms. The first kappa shape index (κ1) is 18.5. The predicted octanol–water partition coefficient (Wildman–Crippen LogP) is 9.06. The van der Waals surface area contributed by atoms with Crippen LogP contribution < -0.4 is 0 Å². The van der Waals surface area contributed by atoms with E-state index >= 15 is 0 Å². The summed E-state index contributed by atoms with van der Waals surface area (Å²) in [5, 5.41) is 10.6. The molecule has 0 fully saturated rings. The Hall–Kier alpha value is -4.82. The van der Waals surface area contributed by atoms with Crippen molar-refractivity contribution in [3.05, 3.63) is 121 Å². The summed E-state index contributed by atoms with van der Waals surface area (Å²) >= 11 is 0. The third-order valence-electron chi connectivity index (χ3n) is 8.01. The van der Waals surface area contributed by atoms with E-state index in [-0.39, 0.29) is 0 Å². The average Bonchev–Trinajstić information content (AvgIpc) is 3.46. The Morgan fingerprint density at radius 2 is 0.556 bits per heavy atom. The highest BCUT2D eigenvalue weighted by atomic mass is 15.0. The van der Waals surface area contributed by atoms with Crippen LogP contribution in [0.3, 0.4) is 0 Å². The maximum atomic E-state index is 2.41. The van der Waals surface area contributed by atoms with Gasteiger partial charge in [-0.05, 0) is 70.1 Å². The van der Waals surface area contributed by atoms with E-state index in [1.165, 1.54) is 76.5 Å². The molecule has 0 saturated heterocycles. The summed E-state index contributed by atoms with van der Waals surface area (Å²) < 4.78 is 4.82. The third-order valence-corrected chi connectivity index (χ3v) is 8.01. The van der Waals surface area contributed by atoms with Gasteiger partial charge in [-0.3, -0.25) is 0 Å². The lowest BCUT2D eigenvalue weighted by Gasteiger charge is -2.11. The lowest BCUT2D eigenvalue weighted by atomic mass is 10.0. The van der Waals surface area contributed by atoms with Gasteiger partial charge in [0.1, 0.15) is 0 Å². The topological polar surface area (TPSA) is 9.86 Å². The van der Waals surface area contributed by atoms with Gasteiger partial charge in [0.15, 0.2) is 0 Å². The fourth-order valence-corrected chi connectivity index (χ4v) is 6.55. The molecule has 7 aromatic carbocycles. The van der Waals surface area contributed by atoms with Crippen molar-refractivity contribution in [2.45, 2.75) is 0 Å². The normalized spacial score (nSPS) is 12.4. The lowest BCUT2D eigenvalue weighted by Crippen LogP contribution is -1.97. The van der Waals surface area contributed by atoms with Crippen LogP contribution in [0.2, 0.25) is 0 Å². The first-order chi connectivity index (χ1) is 17.9. The number of aromatic nitrogens is 2. The summed E-state index contributed by atoms with van der Waals surface area (Å²) in [6.45, 7) is 0. The van der Waals surface area contributed by atoms with Crippen molar-refractivity contribution in [3.63, 3.8) is 0 Å². The highest BCUT2D eigenvalue weighted by Gasteiger charge is 2.18. The van der Waals surface area contributed by atoms with Crippen LogP contribution in [-0.4, -0.2) is 9.13 Å². The zero-order valence-electron chi connectivity index (χ0n) is 19.4. The average molecular weight is 457 g/mol. The minimum Gasteiger partial charge on any atom is -0.309 e. The smallest absolute Gasteiger partial charge is 0.0547 e. The second kappa shape index (κ2) is 6.44. The van der Waals surface area contributed by atoms with Crippen molar-refractivity contribution >= 4 is 65.2 Å². The molecule has 0 N–H and O–H groups in total. The second-order valence-electron chi connectivity index (χ2n) is 9.82. The van der Waals surface area contributed by atoms with Gasteiger partial charge in [0.05, 0.1) is 22.1 Å². The predicted molar refractivity (Wildman–Crippen MR) is 153 cm³/mol. The van der Waals surface area contributed by atoms with Gasteiger partial charge in [-0.25, -0.2) is 0 Å². The van der Waals surface area contributed by atoms with Gasteiger partial charge in [-0.1, -0.05) is 72.8 Å². The Kier molecular flexibility index (Phi) is 3.31. The fourth-order valence-electron chi connectivity index (χ4n) is 6.55. The Labute approximate surface area is 206 Å². The fraction of sp³-hybridized carbons (Fsp3) is 0. The molecule has 0 aliphatic rings. The molecule has 2 heterocycles. The summed E-state index contributed by atoms with van der Waals surface area (Å²) in [4.78, 5) is 0. The molecule has 2 nitrogen and oxygen atoms in total. The molecular formula is C34H20N2. The Morgan fingerprint density at radius 3 is 0.833 bits per heavy atom. The molecule has 166 valence electrons. The summed E-state index contributed by atoms with van der Waals surface area (Å²) in [5.74, 6) is 0. The molecule has 9 aromatic rings. The molecule has 9 rings (SSSR count). The molecular weight excluding hydrogens is 436 g/mol. The summed E-state index contributed by atoms with van der Waals surface area (Å²) in [6.07, 6.45) is 0. The van der Waals surface area contributed by atoms with E-state index in [0.717, 1.165) is 0 Å². The summed E-state index contributed by atoms with van der Waals surface area (Å²) in [7, 11) is 0. The first-order valence-corrected chi connectivity index (χ1v) is 12.5. The van der Waals surface area contributed by atoms with Gasteiger partial charge in [-0.2, -0.15) is 0 Å². The van der Waals surface area contributed by atoms with Crippen LogP contribution in [0, 0.1) is 0 Å². The maximum absolute atomic E-state index is 2.41. The SMILES string of the molecule is c1cc2ccc3cccc4c3c2c(c1)n4-c1ccc(-n2c3cccc4ccc5cccc2c5c43)cc1. The Balaban J connectivity index is 1.32. The lowest BCUT2D eigenvalue weighted by molar-refractivity contribution is 1.15. The first-order valence-electron chi connectivity index (χ1n) is 12.5. The number of nitrogens with zero attached hydrogens (tertiary/aromatic N) is 2. The van der Waals surface area contributed by atoms with Crippen LogP contribution >= 0.6 is 0 Å². The molecule has 0 atom stereocenters. The minimum atomic E-state index is 1.18. The Morgan fingerprint density at radius 1 is 0.278 bits per heavy atom. The van der Waals surface area contributed by atoms with Crippen LogP contribution in [0.5, 0.6) is 0 Å². The number of benzene rings is 7. The van der Waals surface area contributed by atoms with Crippen LogP contribution in [-0.2, 0) is 0 Å². The number of rotatable bonds is 2. The molecule has 2 aromatic heterocycles. The number of hydrogen-bond donors (Lipinski definition) is 0. The van der Waals surface area contributed by atoms with Crippen molar-refractivity contribution in [2.24, 2.45) is 0 Å². The van der Waals surface area contributed by atoms with Crippen molar-refractivity contribution in [2.75, 3.05) is 0 Å². The van der Waals surface area contributed by atoms with E-state index in [4.69, 9.17) is 0 Å². The van der Waals surface area contributed by atoms with E-state index < -0.39 is 0 Å². The van der Waals surface area contributed by atoms with E-state index in [1.807, 2.05) is 0 Å². The zero-order valence-corrected chi connectivity index (χ0v) is 19.4. The molecule has 0 saturated carbocycles. The van der Waals surface area contributed by atoms with Crippen LogP contribution in [0.15, 0.2) is 121 Å². The molecule has 0 bridgehead atoms. The molecule has 0 radical (unpaired) electrons. The highest BCUT2D eigenvalue weighted by molar-refractivity contribution is 6.25.